The summed E-state index contributed by atoms with van der Waals surface area (Å²) in [6, 6.07) is 10.8. The molecule has 6 N–H and O–H groups in total. The summed E-state index contributed by atoms with van der Waals surface area (Å²) < 4.78 is 0. The second kappa shape index (κ2) is 9.06. The quantitative estimate of drug-likeness (QED) is 0.367. The molecular formula is C30H29N3O7. The monoisotopic (exact) mass is 543 g/mol. The Morgan fingerprint density at radius 1 is 1.07 bits per heavy atom. The molecule has 0 bridgehead atoms. The lowest BCUT2D eigenvalue weighted by Gasteiger charge is -2.46. The number of amidine groups is 1. The minimum Gasteiger partial charge on any atom is -0.508 e. The summed E-state index contributed by atoms with van der Waals surface area (Å²) in [7, 11) is 2.02. The second-order valence-electron chi connectivity index (χ2n) is 11.0. The smallest absolute Gasteiger partial charge is 0.255 e. The number of ketones is 2. The average Bonchev–Trinajstić information content (AvgIpc) is 3.30. The van der Waals surface area contributed by atoms with Gasteiger partial charge in [0.05, 0.1) is 11.3 Å². The number of aliphatic hydroxyl groups excluding tert-OH is 2. The molecule has 0 radical (unpaired) electrons. The second-order valence-corrected chi connectivity index (χ2v) is 11.0. The third-order valence-electron chi connectivity index (χ3n) is 8.72. The lowest BCUT2D eigenvalue weighted by atomic mass is 9.59. The van der Waals surface area contributed by atoms with E-state index in [1.807, 2.05) is 31.3 Å². The molecule has 6 rings (SSSR count). The molecule has 2 aromatic rings. The normalized spacial score (nSPS) is 27.1. The Bertz CT molecular complexity index is 1590. The summed E-state index contributed by atoms with van der Waals surface area (Å²) >= 11 is 0. The van der Waals surface area contributed by atoms with E-state index in [1.165, 1.54) is 6.07 Å². The Morgan fingerprint density at radius 3 is 2.45 bits per heavy atom. The molecule has 3 aliphatic carbocycles. The first kappa shape index (κ1) is 25.8. The minimum atomic E-state index is -2.58. The van der Waals surface area contributed by atoms with Crippen molar-refractivity contribution in [1.29, 1.82) is 0 Å². The van der Waals surface area contributed by atoms with E-state index in [-0.39, 0.29) is 36.1 Å². The van der Waals surface area contributed by atoms with Gasteiger partial charge >= 0.3 is 0 Å². The van der Waals surface area contributed by atoms with Crippen molar-refractivity contribution in [3.63, 3.8) is 0 Å². The Kier molecular flexibility index (Phi) is 5.85. The number of primary amides is 1. The lowest BCUT2D eigenvalue weighted by Crippen LogP contribution is -2.58. The average molecular weight is 544 g/mol. The number of fused-ring (bicyclic) bond motifs is 3. The zero-order valence-electron chi connectivity index (χ0n) is 21.8. The minimum absolute atomic E-state index is 0.0709. The first-order valence-corrected chi connectivity index (χ1v) is 13.2. The summed E-state index contributed by atoms with van der Waals surface area (Å²) in [5.74, 6) is -5.39. The van der Waals surface area contributed by atoms with Gasteiger partial charge in [0.15, 0.2) is 11.4 Å². The molecule has 10 heteroatoms. The van der Waals surface area contributed by atoms with Gasteiger partial charge in [-0.1, -0.05) is 18.2 Å². The number of benzene rings is 2. The Morgan fingerprint density at radius 2 is 1.80 bits per heavy atom. The van der Waals surface area contributed by atoms with Crippen LogP contribution in [0.5, 0.6) is 5.75 Å². The van der Waals surface area contributed by atoms with E-state index >= 15 is 0 Å². The van der Waals surface area contributed by atoms with Crippen molar-refractivity contribution in [3.05, 3.63) is 64.4 Å². The number of amides is 1. The molecule has 2 fully saturated rings. The third-order valence-corrected chi connectivity index (χ3v) is 8.72. The molecule has 0 aromatic heterocycles. The predicted molar refractivity (Wildman–Crippen MR) is 146 cm³/mol. The van der Waals surface area contributed by atoms with Crippen molar-refractivity contribution >= 4 is 34.8 Å². The van der Waals surface area contributed by atoms with Crippen molar-refractivity contribution in [2.45, 2.75) is 37.7 Å². The molecule has 4 aliphatic rings. The molecular weight excluding hydrogens is 514 g/mol. The molecule has 3 unspecified atom stereocenters. The van der Waals surface area contributed by atoms with E-state index in [0.717, 1.165) is 42.0 Å². The maximum atomic E-state index is 13.7. The Labute approximate surface area is 229 Å². The number of hydrogen-bond donors (Lipinski definition) is 5. The first-order valence-electron chi connectivity index (χ1n) is 13.2. The summed E-state index contributed by atoms with van der Waals surface area (Å²) in [6.07, 6.45) is 1.98. The number of aliphatic hydroxyl groups is 3. The van der Waals surface area contributed by atoms with Crippen LogP contribution in [-0.4, -0.2) is 67.8 Å². The Balaban J connectivity index is 1.43. The van der Waals surface area contributed by atoms with Crippen LogP contribution in [0.3, 0.4) is 0 Å². The fraction of sp³-hybridized carbons (Fsp3) is 0.333. The SMILES string of the molecule is CN1CCCC1=Nc1ccc(-c2ccc(O)c3c2CC2CC4CC(=O)C(C(N)=O)=C(O)C4(O)C(=O)C2=C3O)cc1. The van der Waals surface area contributed by atoms with E-state index in [0.29, 0.717) is 5.56 Å². The molecule has 1 heterocycles. The number of Topliss-reactive ketones (excluding diaryl/α,β-unsaturated/α-hetero) is 2. The summed E-state index contributed by atoms with van der Waals surface area (Å²) in [5.41, 5.74) is 4.79. The van der Waals surface area contributed by atoms with Crippen molar-refractivity contribution in [1.82, 2.24) is 4.90 Å². The van der Waals surface area contributed by atoms with Crippen LogP contribution in [0, 0.1) is 11.8 Å². The Hall–Kier alpha value is -4.44. The molecule has 0 spiro atoms. The molecule has 1 saturated heterocycles. The highest BCUT2D eigenvalue weighted by Gasteiger charge is 2.60. The lowest BCUT2D eigenvalue weighted by molar-refractivity contribution is -0.147. The number of nitrogens with two attached hydrogens (primary N) is 1. The molecule has 3 atom stereocenters. The molecule has 1 aliphatic heterocycles. The van der Waals surface area contributed by atoms with Crippen LogP contribution in [0.25, 0.3) is 16.9 Å². The van der Waals surface area contributed by atoms with Crippen LogP contribution in [0.1, 0.15) is 36.8 Å². The number of aromatic hydroxyl groups is 1. The van der Waals surface area contributed by atoms with Gasteiger partial charge in [-0.25, -0.2) is 4.99 Å². The molecule has 1 amide bonds. The standard InChI is InChI=1S/C30H29N3O7/c1-33-10-2-3-22(33)32-17-6-4-14(5-7-17)18-8-9-20(34)24-19(18)12-15-11-16-13-21(35)25(29(31)39)28(38)30(16,40)27(37)23(15)26(24)36/h4-9,15-16,34,36,38,40H,2-3,10-13H2,1H3,(H2,31,39). The third kappa shape index (κ3) is 3.66. The van der Waals surface area contributed by atoms with Crippen molar-refractivity contribution < 1.29 is 34.8 Å². The summed E-state index contributed by atoms with van der Waals surface area (Å²) in [5, 5.41) is 44.2. The van der Waals surface area contributed by atoms with Crippen molar-refractivity contribution in [3.8, 4) is 16.9 Å². The van der Waals surface area contributed by atoms with Gasteiger partial charge in [-0.15, -0.1) is 0 Å². The van der Waals surface area contributed by atoms with Crippen LogP contribution in [-0.2, 0) is 20.8 Å². The fourth-order valence-corrected chi connectivity index (χ4v) is 6.69. The van der Waals surface area contributed by atoms with Crippen molar-refractivity contribution in [2.24, 2.45) is 22.6 Å². The van der Waals surface area contributed by atoms with Gasteiger partial charge in [0.25, 0.3) is 5.91 Å². The molecule has 206 valence electrons. The topological polar surface area (TPSA) is 174 Å². The number of rotatable bonds is 3. The number of carbonyl (C=O) groups excluding carboxylic acids is 3. The van der Waals surface area contributed by atoms with Crippen LogP contribution < -0.4 is 5.73 Å². The van der Waals surface area contributed by atoms with Gasteiger partial charge < -0.3 is 31.1 Å². The molecule has 10 nitrogen and oxygen atoms in total. The largest absolute Gasteiger partial charge is 0.508 e. The van der Waals surface area contributed by atoms with E-state index in [1.54, 1.807) is 6.07 Å². The number of aliphatic imine (C=N–C) groups is 1. The molecule has 1 saturated carbocycles. The highest BCUT2D eigenvalue weighted by molar-refractivity contribution is 6.22. The van der Waals surface area contributed by atoms with Crippen LogP contribution in [0.2, 0.25) is 0 Å². The van der Waals surface area contributed by atoms with E-state index in [9.17, 15) is 34.8 Å². The molecule has 2 aromatic carbocycles. The van der Waals surface area contributed by atoms with E-state index in [4.69, 9.17) is 10.7 Å². The number of nitrogens with zero attached hydrogens (tertiary/aromatic N) is 2. The van der Waals surface area contributed by atoms with Gasteiger partial charge in [-0.3, -0.25) is 14.4 Å². The highest BCUT2D eigenvalue weighted by atomic mass is 16.3. The van der Waals surface area contributed by atoms with Gasteiger partial charge in [0.2, 0.25) is 5.78 Å². The number of phenols is 1. The highest BCUT2D eigenvalue weighted by Crippen LogP contribution is 2.53. The zero-order valence-corrected chi connectivity index (χ0v) is 21.8. The van der Waals surface area contributed by atoms with Crippen LogP contribution in [0.4, 0.5) is 5.69 Å². The van der Waals surface area contributed by atoms with Gasteiger partial charge in [0.1, 0.15) is 28.7 Å². The van der Waals surface area contributed by atoms with Gasteiger partial charge in [-0.05, 0) is 60.1 Å². The fourth-order valence-electron chi connectivity index (χ4n) is 6.69. The van der Waals surface area contributed by atoms with Gasteiger partial charge in [-0.2, -0.15) is 0 Å². The van der Waals surface area contributed by atoms with Crippen LogP contribution >= 0.6 is 0 Å². The summed E-state index contributed by atoms with van der Waals surface area (Å²) in [6.45, 7) is 0.980. The maximum Gasteiger partial charge on any atom is 0.255 e. The number of likely N-dealkylation sites (tertiary alicyclic amines) is 1. The number of carbonyl (C=O) groups is 3. The molecule has 40 heavy (non-hydrogen) atoms. The zero-order chi connectivity index (χ0) is 28.5. The summed E-state index contributed by atoms with van der Waals surface area (Å²) in [4.78, 5) is 44.9. The number of phenolic OH excluding ortho intramolecular Hbond substituents is 1. The number of hydrogen-bond acceptors (Lipinski definition) is 8. The first-order chi connectivity index (χ1) is 19.0. The van der Waals surface area contributed by atoms with Crippen LogP contribution in [0.15, 0.2) is 58.3 Å². The predicted octanol–water partition coefficient (Wildman–Crippen LogP) is 2.85. The van der Waals surface area contributed by atoms with Gasteiger partial charge in [0, 0.05) is 37.9 Å². The van der Waals surface area contributed by atoms with Crippen molar-refractivity contribution in [2.75, 3.05) is 13.6 Å². The van der Waals surface area contributed by atoms with E-state index < -0.39 is 52.0 Å². The maximum absolute atomic E-state index is 13.7. The van der Waals surface area contributed by atoms with E-state index in [2.05, 4.69) is 4.90 Å².